The number of carbonyl (C=O) groups is 3. The molecule has 0 spiro atoms. The summed E-state index contributed by atoms with van der Waals surface area (Å²) in [6, 6.07) is 5.40. The third-order valence-corrected chi connectivity index (χ3v) is 5.39. The number of nitrogens with one attached hydrogen (secondary N) is 1. The van der Waals surface area contributed by atoms with Gasteiger partial charge in [-0.05, 0) is 48.9 Å². The molecule has 0 aromatic heterocycles. The van der Waals surface area contributed by atoms with Crippen molar-refractivity contribution < 1.29 is 19.1 Å². The van der Waals surface area contributed by atoms with Gasteiger partial charge in [0, 0.05) is 25.2 Å². The predicted octanol–water partition coefficient (Wildman–Crippen LogP) is 2.84. The Morgan fingerprint density at radius 1 is 1.19 bits per heavy atom. The zero-order valence-corrected chi connectivity index (χ0v) is 16.3. The van der Waals surface area contributed by atoms with Gasteiger partial charge in [-0.25, -0.2) is 4.79 Å². The minimum Gasteiger partial charge on any atom is -0.448 e. The quantitative estimate of drug-likeness (QED) is 0.807. The maximum absolute atomic E-state index is 12.6. The van der Waals surface area contributed by atoms with E-state index in [0.29, 0.717) is 18.5 Å². The van der Waals surface area contributed by atoms with Crippen molar-refractivity contribution in [2.45, 2.75) is 65.0 Å². The highest BCUT2D eigenvalue weighted by atomic mass is 16.5. The van der Waals surface area contributed by atoms with Crippen LogP contribution >= 0.6 is 0 Å². The van der Waals surface area contributed by atoms with Gasteiger partial charge >= 0.3 is 5.97 Å². The van der Waals surface area contributed by atoms with Crippen LogP contribution in [0.2, 0.25) is 0 Å². The minimum absolute atomic E-state index is 0.00691. The number of fused-ring (bicyclic) bond motifs is 1. The SMILES string of the molecule is CC(=O)N1CCc2cc(C(=O)O[C@@H](C(=O)NC3CCCC3)C(C)C)ccc21. The highest BCUT2D eigenvalue weighted by molar-refractivity contribution is 5.96. The van der Waals surface area contributed by atoms with E-state index in [-0.39, 0.29) is 23.8 Å². The first kappa shape index (κ1) is 19.4. The van der Waals surface area contributed by atoms with Crippen molar-refractivity contribution in [3.05, 3.63) is 29.3 Å². The summed E-state index contributed by atoms with van der Waals surface area (Å²) in [5.74, 6) is -0.834. The van der Waals surface area contributed by atoms with Crippen LogP contribution in [-0.4, -0.2) is 36.5 Å². The predicted molar refractivity (Wildman–Crippen MR) is 103 cm³/mol. The molecule has 3 rings (SSSR count). The summed E-state index contributed by atoms with van der Waals surface area (Å²) in [5, 5.41) is 3.02. The second-order valence-corrected chi connectivity index (χ2v) is 7.82. The van der Waals surface area contributed by atoms with Gasteiger partial charge in [-0.2, -0.15) is 0 Å². The first-order chi connectivity index (χ1) is 12.9. The van der Waals surface area contributed by atoms with Gasteiger partial charge in [-0.3, -0.25) is 9.59 Å². The standard InChI is InChI=1S/C21H28N2O4/c1-13(2)19(20(25)22-17-6-4-5-7-17)27-21(26)16-8-9-18-15(12-16)10-11-23(18)14(3)24/h8-9,12-13,17,19H,4-7,10-11H2,1-3H3,(H,22,25)/t19-/m1/s1. The number of hydrogen-bond acceptors (Lipinski definition) is 4. The molecule has 1 N–H and O–H groups in total. The van der Waals surface area contributed by atoms with E-state index in [9.17, 15) is 14.4 Å². The number of nitrogens with zero attached hydrogens (tertiary/aromatic N) is 1. The second kappa shape index (κ2) is 8.11. The van der Waals surface area contributed by atoms with Crippen LogP contribution in [0.5, 0.6) is 0 Å². The molecule has 1 aromatic carbocycles. The fraction of sp³-hybridized carbons (Fsp3) is 0.571. The lowest BCUT2D eigenvalue weighted by atomic mass is 10.0. The van der Waals surface area contributed by atoms with Crippen LogP contribution in [0.15, 0.2) is 18.2 Å². The normalized spacial score (nSPS) is 17.7. The van der Waals surface area contributed by atoms with Crippen LogP contribution in [0.3, 0.4) is 0 Å². The summed E-state index contributed by atoms with van der Waals surface area (Å²) >= 11 is 0. The van der Waals surface area contributed by atoms with Gasteiger partial charge in [-0.15, -0.1) is 0 Å². The van der Waals surface area contributed by atoms with E-state index in [1.165, 1.54) is 6.92 Å². The van der Waals surface area contributed by atoms with Crippen LogP contribution < -0.4 is 10.2 Å². The zero-order chi connectivity index (χ0) is 19.6. The molecule has 2 aliphatic rings. The average Bonchev–Trinajstić information content (AvgIpc) is 3.27. The Bertz CT molecular complexity index is 738. The fourth-order valence-electron chi connectivity index (χ4n) is 3.88. The third-order valence-electron chi connectivity index (χ3n) is 5.39. The van der Waals surface area contributed by atoms with Gasteiger partial charge in [0.1, 0.15) is 0 Å². The van der Waals surface area contributed by atoms with Crippen molar-refractivity contribution in [2.24, 2.45) is 5.92 Å². The zero-order valence-electron chi connectivity index (χ0n) is 16.3. The molecule has 1 heterocycles. The first-order valence-corrected chi connectivity index (χ1v) is 9.79. The molecule has 1 aliphatic carbocycles. The van der Waals surface area contributed by atoms with E-state index in [0.717, 1.165) is 36.9 Å². The maximum atomic E-state index is 12.6. The molecular formula is C21H28N2O4. The van der Waals surface area contributed by atoms with Gasteiger partial charge in [-0.1, -0.05) is 26.7 Å². The van der Waals surface area contributed by atoms with Crippen molar-refractivity contribution >= 4 is 23.5 Å². The number of anilines is 1. The summed E-state index contributed by atoms with van der Waals surface area (Å²) in [4.78, 5) is 38.6. The highest BCUT2D eigenvalue weighted by Gasteiger charge is 2.30. The van der Waals surface area contributed by atoms with E-state index in [1.807, 2.05) is 13.8 Å². The van der Waals surface area contributed by atoms with Crippen molar-refractivity contribution in [3.8, 4) is 0 Å². The Balaban J connectivity index is 1.69. The minimum atomic E-state index is -0.805. The average molecular weight is 372 g/mol. The van der Waals surface area contributed by atoms with Crippen LogP contribution in [0.25, 0.3) is 0 Å². The molecule has 0 radical (unpaired) electrons. The Labute approximate surface area is 160 Å². The first-order valence-electron chi connectivity index (χ1n) is 9.79. The Morgan fingerprint density at radius 3 is 2.52 bits per heavy atom. The van der Waals surface area contributed by atoms with Gasteiger partial charge in [0.15, 0.2) is 6.10 Å². The second-order valence-electron chi connectivity index (χ2n) is 7.82. The van der Waals surface area contributed by atoms with Crippen LogP contribution in [0.4, 0.5) is 5.69 Å². The van der Waals surface area contributed by atoms with Crippen molar-refractivity contribution in [1.82, 2.24) is 5.32 Å². The van der Waals surface area contributed by atoms with Gasteiger partial charge in [0.2, 0.25) is 5.91 Å². The lowest BCUT2D eigenvalue weighted by Gasteiger charge is -2.23. The van der Waals surface area contributed by atoms with Crippen molar-refractivity contribution in [3.63, 3.8) is 0 Å². The monoisotopic (exact) mass is 372 g/mol. The van der Waals surface area contributed by atoms with Crippen molar-refractivity contribution in [1.29, 1.82) is 0 Å². The molecule has 1 fully saturated rings. The number of ether oxygens (including phenoxy) is 1. The highest BCUT2D eigenvalue weighted by Crippen LogP contribution is 2.29. The maximum Gasteiger partial charge on any atom is 0.338 e. The number of amides is 2. The molecule has 146 valence electrons. The number of benzene rings is 1. The molecule has 0 bridgehead atoms. The Hall–Kier alpha value is -2.37. The molecule has 0 saturated heterocycles. The van der Waals surface area contributed by atoms with E-state index in [1.54, 1.807) is 23.1 Å². The van der Waals surface area contributed by atoms with E-state index >= 15 is 0 Å². The molecule has 1 saturated carbocycles. The lowest BCUT2D eigenvalue weighted by molar-refractivity contribution is -0.132. The smallest absolute Gasteiger partial charge is 0.338 e. The van der Waals surface area contributed by atoms with Crippen molar-refractivity contribution in [2.75, 3.05) is 11.4 Å². The molecule has 6 heteroatoms. The lowest BCUT2D eigenvalue weighted by Crippen LogP contribution is -2.44. The largest absolute Gasteiger partial charge is 0.448 e. The topological polar surface area (TPSA) is 75.7 Å². The third kappa shape index (κ3) is 4.31. The van der Waals surface area contributed by atoms with E-state index in [4.69, 9.17) is 4.74 Å². The molecule has 6 nitrogen and oxygen atoms in total. The Kier molecular flexibility index (Phi) is 5.82. The van der Waals surface area contributed by atoms with Gasteiger partial charge < -0.3 is 15.0 Å². The fourth-order valence-corrected chi connectivity index (χ4v) is 3.88. The summed E-state index contributed by atoms with van der Waals surface area (Å²) in [6.07, 6.45) is 4.14. The molecule has 27 heavy (non-hydrogen) atoms. The number of carbonyl (C=O) groups excluding carboxylic acids is 3. The van der Waals surface area contributed by atoms with Gasteiger partial charge in [0.25, 0.3) is 5.91 Å². The molecular weight excluding hydrogens is 344 g/mol. The van der Waals surface area contributed by atoms with Gasteiger partial charge in [0.05, 0.1) is 5.56 Å². The molecule has 0 unspecified atom stereocenters. The molecule has 1 aromatic rings. The van der Waals surface area contributed by atoms with E-state index in [2.05, 4.69) is 5.32 Å². The summed E-state index contributed by atoms with van der Waals surface area (Å²) in [5.41, 5.74) is 2.22. The number of esters is 1. The van der Waals surface area contributed by atoms with Crippen LogP contribution in [0, 0.1) is 5.92 Å². The summed E-state index contributed by atoms with van der Waals surface area (Å²) in [7, 11) is 0. The van der Waals surface area contributed by atoms with Crippen LogP contribution in [-0.2, 0) is 20.7 Å². The Morgan fingerprint density at radius 2 is 1.89 bits per heavy atom. The molecule has 1 aliphatic heterocycles. The summed E-state index contributed by atoms with van der Waals surface area (Å²) < 4.78 is 5.57. The molecule has 1 atom stereocenters. The number of rotatable bonds is 5. The summed E-state index contributed by atoms with van der Waals surface area (Å²) in [6.45, 7) is 5.91. The number of hydrogen-bond donors (Lipinski definition) is 1. The van der Waals surface area contributed by atoms with E-state index < -0.39 is 12.1 Å². The van der Waals surface area contributed by atoms with Crippen LogP contribution in [0.1, 0.15) is 62.4 Å². The molecule has 2 amide bonds.